The van der Waals surface area contributed by atoms with E-state index in [1.54, 1.807) is 22.1 Å². The molecule has 26 heavy (non-hydrogen) atoms. The topological polar surface area (TPSA) is 71.2 Å². The molecule has 0 aliphatic heterocycles. The molecule has 0 radical (unpaired) electrons. The SMILES string of the molecule is C=CCN(CC=C)c1nc2c(Cn3nc(C(=O)O)cc3C)cccc2s1. The third kappa shape index (κ3) is 3.52. The first-order valence-corrected chi connectivity index (χ1v) is 8.98. The van der Waals surface area contributed by atoms with Gasteiger partial charge in [0.05, 0.1) is 16.8 Å². The van der Waals surface area contributed by atoms with Crippen molar-refractivity contribution >= 4 is 32.7 Å². The van der Waals surface area contributed by atoms with Crippen LogP contribution in [0.15, 0.2) is 49.6 Å². The van der Waals surface area contributed by atoms with Gasteiger partial charge in [-0.25, -0.2) is 9.78 Å². The van der Waals surface area contributed by atoms with Gasteiger partial charge in [-0.3, -0.25) is 4.68 Å². The zero-order chi connectivity index (χ0) is 18.7. The van der Waals surface area contributed by atoms with Gasteiger partial charge >= 0.3 is 5.97 Å². The molecule has 0 atom stereocenters. The highest BCUT2D eigenvalue weighted by Gasteiger charge is 2.15. The second kappa shape index (κ2) is 7.53. The van der Waals surface area contributed by atoms with Crippen molar-refractivity contribution in [3.8, 4) is 0 Å². The molecule has 0 aliphatic rings. The van der Waals surface area contributed by atoms with Crippen LogP contribution in [0.1, 0.15) is 21.7 Å². The van der Waals surface area contributed by atoms with Gasteiger partial charge in [0.15, 0.2) is 10.8 Å². The summed E-state index contributed by atoms with van der Waals surface area (Å²) in [4.78, 5) is 18.0. The summed E-state index contributed by atoms with van der Waals surface area (Å²) in [6, 6.07) is 7.60. The normalized spacial score (nSPS) is 10.8. The molecular weight excluding hydrogens is 348 g/mol. The Morgan fingerprint density at radius 1 is 1.35 bits per heavy atom. The lowest BCUT2D eigenvalue weighted by Gasteiger charge is -2.17. The number of hydrogen-bond donors (Lipinski definition) is 1. The summed E-state index contributed by atoms with van der Waals surface area (Å²) >= 11 is 1.62. The molecule has 0 saturated heterocycles. The lowest BCUT2D eigenvalue weighted by molar-refractivity contribution is 0.0689. The average Bonchev–Trinajstić information content (AvgIpc) is 3.19. The van der Waals surface area contributed by atoms with E-state index in [0.717, 1.165) is 26.6 Å². The summed E-state index contributed by atoms with van der Waals surface area (Å²) in [6.45, 7) is 11.3. The minimum atomic E-state index is -1.02. The average molecular weight is 368 g/mol. The molecule has 0 saturated carbocycles. The molecule has 1 aromatic carbocycles. The van der Waals surface area contributed by atoms with E-state index in [9.17, 15) is 4.79 Å². The number of thiazole rings is 1. The van der Waals surface area contributed by atoms with Crippen LogP contribution >= 0.6 is 11.3 Å². The molecule has 0 fully saturated rings. The van der Waals surface area contributed by atoms with Crippen molar-refractivity contribution in [3.05, 3.63) is 66.5 Å². The summed E-state index contributed by atoms with van der Waals surface area (Å²) in [7, 11) is 0. The molecule has 7 heteroatoms. The largest absolute Gasteiger partial charge is 0.476 e. The van der Waals surface area contributed by atoms with E-state index in [4.69, 9.17) is 10.1 Å². The number of aromatic carboxylic acids is 1. The van der Waals surface area contributed by atoms with Crippen LogP contribution in [0.25, 0.3) is 10.2 Å². The molecule has 6 nitrogen and oxygen atoms in total. The third-order valence-corrected chi connectivity index (χ3v) is 5.06. The maximum Gasteiger partial charge on any atom is 0.356 e. The maximum absolute atomic E-state index is 11.1. The van der Waals surface area contributed by atoms with Crippen LogP contribution in [-0.2, 0) is 6.54 Å². The fraction of sp³-hybridized carbons (Fsp3) is 0.211. The Kier molecular flexibility index (Phi) is 5.18. The smallest absolute Gasteiger partial charge is 0.356 e. The first kappa shape index (κ1) is 17.9. The van der Waals surface area contributed by atoms with Crippen molar-refractivity contribution in [1.82, 2.24) is 14.8 Å². The fourth-order valence-electron chi connectivity index (χ4n) is 2.74. The van der Waals surface area contributed by atoms with Gasteiger partial charge in [-0.05, 0) is 19.1 Å². The molecule has 0 bridgehead atoms. The summed E-state index contributed by atoms with van der Waals surface area (Å²) < 4.78 is 2.78. The molecular formula is C19H20N4O2S. The monoisotopic (exact) mass is 368 g/mol. The Labute approximate surface area is 155 Å². The van der Waals surface area contributed by atoms with Crippen LogP contribution in [0.4, 0.5) is 5.13 Å². The van der Waals surface area contributed by atoms with Gasteiger partial charge in [-0.2, -0.15) is 5.10 Å². The Bertz CT molecular complexity index is 963. The van der Waals surface area contributed by atoms with Crippen LogP contribution < -0.4 is 4.90 Å². The molecule has 3 rings (SSSR count). The van der Waals surface area contributed by atoms with Crippen molar-refractivity contribution in [2.75, 3.05) is 18.0 Å². The molecule has 0 unspecified atom stereocenters. The number of nitrogens with zero attached hydrogens (tertiary/aromatic N) is 4. The highest BCUT2D eigenvalue weighted by molar-refractivity contribution is 7.22. The Balaban J connectivity index is 1.98. The van der Waals surface area contributed by atoms with Crippen molar-refractivity contribution in [2.45, 2.75) is 13.5 Å². The Hall–Kier alpha value is -2.93. The van der Waals surface area contributed by atoms with E-state index in [-0.39, 0.29) is 5.69 Å². The van der Waals surface area contributed by atoms with Gasteiger partial charge in [0.25, 0.3) is 0 Å². The number of fused-ring (bicyclic) bond motifs is 1. The maximum atomic E-state index is 11.1. The van der Waals surface area contributed by atoms with Crippen molar-refractivity contribution in [1.29, 1.82) is 0 Å². The fourth-order valence-corrected chi connectivity index (χ4v) is 3.77. The van der Waals surface area contributed by atoms with Gasteiger partial charge < -0.3 is 10.0 Å². The van der Waals surface area contributed by atoms with Crippen LogP contribution in [0, 0.1) is 6.92 Å². The molecule has 134 valence electrons. The molecule has 0 amide bonds. The number of benzene rings is 1. The second-order valence-electron chi connectivity index (χ2n) is 5.88. The van der Waals surface area contributed by atoms with E-state index in [1.807, 2.05) is 37.3 Å². The summed E-state index contributed by atoms with van der Waals surface area (Å²) in [6.07, 6.45) is 3.69. The third-order valence-electron chi connectivity index (χ3n) is 3.98. The zero-order valence-electron chi connectivity index (χ0n) is 14.6. The summed E-state index contributed by atoms with van der Waals surface area (Å²) in [5.41, 5.74) is 2.77. The van der Waals surface area contributed by atoms with Gasteiger partial charge in [-0.1, -0.05) is 35.6 Å². The molecule has 2 heterocycles. The van der Waals surface area contributed by atoms with E-state index < -0.39 is 5.97 Å². The Morgan fingerprint density at radius 2 is 2.08 bits per heavy atom. The number of carbonyl (C=O) groups is 1. The van der Waals surface area contributed by atoms with Crippen LogP contribution in [0.2, 0.25) is 0 Å². The summed E-state index contributed by atoms with van der Waals surface area (Å²) in [5.74, 6) is -1.02. The number of carboxylic acids is 1. The number of rotatable bonds is 8. The molecule has 0 aliphatic carbocycles. The highest BCUT2D eigenvalue weighted by atomic mass is 32.1. The lowest BCUT2D eigenvalue weighted by atomic mass is 10.2. The molecule has 0 spiro atoms. The van der Waals surface area contributed by atoms with Crippen LogP contribution in [0.5, 0.6) is 0 Å². The zero-order valence-corrected chi connectivity index (χ0v) is 15.4. The number of hydrogen-bond acceptors (Lipinski definition) is 5. The van der Waals surface area contributed by atoms with Gasteiger partial charge in [-0.15, -0.1) is 13.2 Å². The van der Waals surface area contributed by atoms with Crippen molar-refractivity contribution in [3.63, 3.8) is 0 Å². The number of anilines is 1. The minimum Gasteiger partial charge on any atom is -0.476 e. The lowest BCUT2D eigenvalue weighted by Crippen LogP contribution is -2.22. The molecule has 2 aromatic heterocycles. The quantitative estimate of drug-likeness (QED) is 0.614. The van der Waals surface area contributed by atoms with E-state index in [2.05, 4.69) is 23.2 Å². The molecule has 1 N–H and O–H groups in total. The number of para-hydroxylation sites is 1. The van der Waals surface area contributed by atoms with Gasteiger partial charge in [0, 0.05) is 24.3 Å². The van der Waals surface area contributed by atoms with Crippen molar-refractivity contribution < 1.29 is 9.90 Å². The van der Waals surface area contributed by atoms with E-state index >= 15 is 0 Å². The van der Waals surface area contributed by atoms with E-state index in [1.165, 1.54) is 0 Å². The first-order chi connectivity index (χ1) is 12.5. The predicted molar refractivity (Wildman–Crippen MR) is 105 cm³/mol. The second-order valence-corrected chi connectivity index (χ2v) is 6.89. The number of aryl methyl sites for hydroxylation is 1. The standard InChI is InChI=1S/C19H20N4O2S/c1-4-9-22(10-5-2)19-20-17-14(7-6-8-16(17)26-19)12-23-13(3)11-15(21-23)18(24)25/h4-8,11H,1-2,9-10,12H2,3H3,(H,24,25). The van der Waals surface area contributed by atoms with Gasteiger partial charge in [0.1, 0.15) is 0 Å². The number of aromatic nitrogens is 3. The van der Waals surface area contributed by atoms with Crippen molar-refractivity contribution in [2.24, 2.45) is 0 Å². The predicted octanol–water partition coefficient (Wildman–Crippen LogP) is 3.73. The van der Waals surface area contributed by atoms with E-state index in [0.29, 0.717) is 19.6 Å². The number of carboxylic acid groups (broad SMARTS) is 1. The van der Waals surface area contributed by atoms with Crippen LogP contribution in [0.3, 0.4) is 0 Å². The minimum absolute atomic E-state index is 0.0526. The van der Waals surface area contributed by atoms with Crippen LogP contribution in [-0.4, -0.2) is 38.9 Å². The summed E-state index contributed by atoms with van der Waals surface area (Å²) in [5, 5.41) is 14.2. The van der Waals surface area contributed by atoms with Gasteiger partial charge in [0.2, 0.25) is 0 Å². The Morgan fingerprint density at radius 3 is 2.69 bits per heavy atom. The highest BCUT2D eigenvalue weighted by Crippen LogP contribution is 2.31. The first-order valence-electron chi connectivity index (χ1n) is 8.16. The molecule has 3 aromatic rings.